The van der Waals surface area contributed by atoms with Gasteiger partial charge in [0.25, 0.3) is 0 Å². The minimum absolute atomic E-state index is 0.282. The second kappa shape index (κ2) is 11.3. The molecule has 0 spiro atoms. The normalized spacial score (nSPS) is 14.9. The van der Waals surface area contributed by atoms with Crippen molar-refractivity contribution in [1.82, 2.24) is 0 Å². The fourth-order valence-electron chi connectivity index (χ4n) is 1.88. The molecule has 0 aliphatic heterocycles. The van der Waals surface area contributed by atoms with Crippen molar-refractivity contribution in [2.45, 2.75) is 17.2 Å². The summed E-state index contributed by atoms with van der Waals surface area (Å²) in [6.45, 7) is 0. The first-order valence-electron chi connectivity index (χ1n) is 6.68. The Labute approximate surface area is 286 Å². The third kappa shape index (κ3) is 7.07. The predicted molar refractivity (Wildman–Crippen MR) is 176 cm³/mol. The summed E-state index contributed by atoms with van der Waals surface area (Å²) in [6, 6.07) is 5.21. The molecule has 0 aromatic heterocycles. The largest absolute Gasteiger partial charge is 0.488 e. The van der Waals surface area contributed by atoms with Crippen LogP contribution in [0.5, 0.6) is 0 Å². The third-order valence-electron chi connectivity index (χ3n) is 3.48. The Morgan fingerprint density at radius 3 is 1.00 bits per heavy atom. The van der Waals surface area contributed by atoms with Crippen LogP contribution in [0, 0.1) is 0 Å². The topological polar surface area (TPSA) is 40.5 Å². The Morgan fingerprint density at radius 2 is 0.793 bits per heavy atom. The highest BCUT2D eigenvalue weighted by Gasteiger charge is 2.60. The second-order valence-corrected chi connectivity index (χ2v) is 32.8. The van der Waals surface area contributed by atoms with E-state index in [9.17, 15) is 10.0 Å². The standard InChI is InChI=1S/C12H5BBr14O2/c14-7(15,9(18,19)11(22,23)24)4-1-5(3-6(2-4)13(28)29)8(16,17)10(20,21)12(25,26)27/h1-3,28-29H. The molecule has 2 nitrogen and oxygen atoms in total. The maximum Gasteiger partial charge on any atom is 0.488 e. The Kier molecular flexibility index (Phi) is 12.9. The van der Waals surface area contributed by atoms with E-state index >= 15 is 0 Å². The van der Waals surface area contributed by atoms with Gasteiger partial charge in [-0.1, -0.05) is 241 Å². The van der Waals surface area contributed by atoms with Crippen LogP contribution in [0.2, 0.25) is 0 Å². The predicted octanol–water partition coefficient (Wildman–Crippen LogP) is 9.90. The van der Waals surface area contributed by atoms with Crippen LogP contribution in [0.1, 0.15) is 11.1 Å². The number of hydrogen-bond donors (Lipinski definition) is 2. The first-order valence-corrected chi connectivity index (χ1v) is 17.8. The molecule has 29 heavy (non-hydrogen) atoms. The fourth-order valence-corrected chi connectivity index (χ4v) is 9.88. The van der Waals surface area contributed by atoms with E-state index in [2.05, 4.69) is 223 Å². The van der Waals surface area contributed by atoms with Crippen LogP contribution in [0.15, 0.2) is 18.2 Å². The summed E-state index contributed by atoms with van der Waals surface area (Å²) in [5.41, 5.74) is 1.61. The lowest BCUT2D eigenvalue weighted by molar-refractivity contribution is 0.425. The third-order valence-corrected chi connectivity index (χ3v) is 26.7. The Hall–Kier alpha value is 5.92. The van der Waals surface area contributed by atoms with Crippen LogP contribution in [0.4, 0.5) is 0 Å². The van der Waals surface area contributed by atoms with Gasteiger partial charge in [-0.05, 0) is 16.6 Å². The smallest absolute Gasteiger partial charge is 0.423 e. The van der Waals surface area contributed by atoms with E-state index in [0.29, 0.717) is 11.1 Å². The van der Waals surface area contributed by atoms with Gasteiger partial charge < -0.3 is 10.0 Å². The summed E-state index contributed by atoms with van der Waals surface area (Å²) in [4.78, 5) is 0. The summed E-state index contributed by atoms with van der Waals surface area (Å²) in [6.07, 6.45) is 0. The summed E-state index contributed by atoms with van der Waals surface area (Å²) in [5, 5.41) is 19.8. The van der Waals surface area contributed by atoms with Gasteiger partial charge in [0, 0.05) is 0 Å². The molecule has 0 heterocycles. The quantitative estimate of drug-likeness (QED) is 0.228. The van der Waals surface area contributed by atoms with Crippen LogP contribution in [-0.2, 0) is 6.47 Å². The minimum atomic E-state index is -1.69. The lowest BCUT2D eigenvalue weighted by Crippen LogP contribution is -2.45. The highest BCUT2D eigenvalue weighted by Crippen LogP contribution is 2.68. The molecular weight excluding hydrogens is 1310 g/mol. The average Bonchev–Trinajstić information content (AvgIpc) is 2.51. The molecule has 0 fully saturated rings. The molecule has 0 aliphatic rings. The van der Waals surface area contributed by atoms with Gasteiger partial charge in [0.05, 0.1) is 0 Å². The van der Waals surface area contributed by atoms with E-state index in [1.165, 1.54) is 0 Å². The van der Waals surface area contributed by atoms with Crippen molar-refractivity contribution in [2.24, 2.45) is 0 Å². The lowest BCUT2D eigenvalue weighted by atomic mass is 9.78. The van der Waals surface area contributed by atoms with Crippen LogP contribution in [-0.4, -0.2) is 27.9 Å². The van der Waals surface area contributed by atoms with Crippen molar-refractivity contribution in [3.05, 3.63) is 29.3 Å². The molecule has 0 unspecified atom stereocenters. The zero-order valence-electron chi connectivity index (χ0n) is 13.0. The van der Waals surface area contributed by atoms with Crippen molar-refractivity contribution in [3.8, 4) is 0 Å². The molecule has 2 N–H and O–H groups in total. The number of halogens is 14. The average molecular weight is 1310 g/mol. The molecular formula is C12H5BBr14O2. The highest BCUT2D eigenvalue weighted by atomic mass is 80.0. The second-order valence-electron chi connectivity index (χ2n) is 5.51. The van der Waals surface area contributed by atoms with Crippen molar-refractivity contribution >= 4 is 236 Å². The molecule has 1 rings (SSSR count). The molecule has 17 heteroatoms. The van der Waals surface area contributed by atoms with E-state index in [-0.39, 0.29) is 5.46 Å². The van der Waals surface area contributed by atoms with Gasteiger partial charge >= 0.3 is 7.12 Å². The molecule has 0 amide bonds. The molecule has 1 aromatic carbocycles. The van der Waals surface area contributed by atoms with Gasteiger partial charge in [0.2, 0.25) is 0 Å². The van der Waals surface area contributed by atoms with Gasteiger partial charge in [0.1, 0.15) is 12.9 Å². The summed E-state index contributed by atoms with van der Waals surface area (Å²) < 4.78 is -5.27. The molecule has 0 saturated carbocycles. The van der Waals surface area contributed by atoms with Crippen molar-refractivity contribution in [3.63, 3.8) is 0 Å². The maximum atomic E-state index is 9.92. The number of benzene rings is 1. The molecule has 0 atom stereocenters. The first kappa shape index (κ1) is 33.0. The molecule has 166 valence electrons. The SMILES string of the molecule is OB(O)c1cc(C(Br)(Br)C(Br)(Br)C(Br)(Br)Br)cc(C(Br)(Br)C(Br)(Br)C(Br)(Br)Br)c1. The Morgan fingerprint density at radius 1 is 0.517 bits per heavy atom. The van der Waals surface area contributed by atoms with Crippen LogP contribution >= 0.6 is 223 Å². The fraction of sp³-hybridized carbons (Fsp3) is 0.500. The maximum absolute atomic E-state index is 9.92. The summed E-state index contributed by atoms with van der Waals surface area (Å²) in [7, 11) is -1.69. The summed E-state index contributed by atoms with van der Waals surface area (Å²) in [5.74, 6) is 0. The molecule has 0 saturated heterocycles. The van der Waals surface area contributed by atoms with Crippen LogP contribution in [0.3, 0.4) is 0 Å². The number of rotatable bonds is 5. The molecule has 0 radical (unpaired) electrons. The molecule has 1 aromatic rings. The van der Waals surface area contributed by atoms with E-state index in [1.54, 1.807) is 12.1 Å². The minimum Gasteiger partial charge on any atom is -0.423 e. The zero-order chi connectivity index (χ0) is 23.4. The van der Waals surface area contributed by atoms with E-state index < -0.39 is 24.3 Å². The Bertz CT molecular complexity index is 696. The number of alkyl halides is 14. The highest BCUT2D eigenvalue weighted by molar-refractivity contribution is 9.42. The monoisotopic (exact) mass is 1300 g/mol. The van der Waals surface area contributed by atoms with Gasteiger partial charge in [-0.25, -0.2) is 0 Å². The van der Waals surface area contributed by atoms with Gasteiger partial charge in [0.15, 0.2) is 4.29 Å². The van der Waals surface area contributed by atoms with Crippen LogP contribution < -0.4 is 5.46 Å². The van der Waals surface area contributed by atoms with E-state index in [0.717, 1.165) is 0 Å². The molecule has 0 bridgehead atoms. The van der Waals surface area contributed by atoms with Crippen molar-refractivity contribution < 1.29 is 10.0 Å². The van der Waals surface area contributed by atoms with Gasteiger partial charge in [-0.15, -0.1) is 0 Å². The first-order chi connectivity index (χ1) is 12.5. The Balaban J connectivity index is 3.83. The van der Waals surface area contributed by atoms with Crippen LogP contribution in [0.25, 0.3) is 0 Å². The van der Waals surface area contributed by atoms with Gasteiger partial charge in [-0.3, -0.25) is 0 Å². The zero-order valence-corrected chi connectivity index (χ0v) is 35.2. The lowest BCUT2D eigenvalue weighted by Gasteiger charge is -2.43. The molecule has 0 aliphatic carbocycles. The number of hydrogen-bond acceptors (Lipinski definition) is 2. The van der Waals surface area contributed by atoms with E-state index in [1.807, 2.05) is 6.07 Å². The van der Waals surface area contributed by atoms with Crippen molar-refractivity contribution in [1.29, 1.82) is 0 Å². The summed E-state index contributed by atoms with van der Waals surface area (Å²) >= 11 is 50.6. The van der Waals surface area contributed by atoms with Gasteiger partial charge in [-0.2, -0.15) is 0 Å². The van der Waals surface area contributed by atoms with E-state index in [4.69, 9.17) is 0 Å². The van der Waals surface area contributed by atoms with Crippen molar-refractivity contribution in [2.75, 3.05) is 0 Å².